The second-order valence-electron chi connectivity index (χ2n) is 7.37. The second-order valence-corrected chi connectivity index (χ2v) is 7.37. The van der Waals surface area contributed by atoms with E-state index in [-0.39, 0.29) is 5.75 Å². The average molecular weight is 466 g/mol. The largest absolute Gasteiger partial charge is 0.508 e. The summed E-state index contributed by atoms with van der Waals surface area (Å²) in [6.45, 7) is -0.834. The van der Waals surface area contributed by atoms with Gasteiger partial charge < -0.3 is 50.3 Å². The molecule has 0 saturated carbocycles. The molecular formula is C21H22O12. The number of rotatable bonds is 5. The molecule has 12 nitrogen and oxygen atoms in total. The number of hydrogen-bond donors (Lipinski definition) is 8. The van der Waals surface area contributed by atoms with Gasteiger partial charge in [-0.15, -0.1) is 0 Å². The predicted octanol–water partition coefficient (Wildman–Crippen LogP) is -1.68. The highest BCUT2D eigenvalue weighted by molar-refractivity contribution is 6.24. The van der Waals surface area contributed by atoms with E-state index in [2.05, 4.69) is 0 Å². The van der Waals surface area contributed by atoms with E-state index in [4.69, 9.17) is 9.47 Å². The summed E-state index contributed by atoms with van der Waals surface area (Å²) < 4.78 is 10.0. The molecular weight excluding hydrogens is 444 g/mol. The molecule has 1 saturated heterocycles. The lowest BCUT2D eigenvalue weighted by atomic mass is 9.90. The molecule has 33 heavy (non-hydrogen) atoms. The van der Waals surface area contributed by atoms with Crippen molar-refractivity contribution < 1.29 is 59.9 Å². The zero-order valence-electron chi connectivity index (χ0n) is 16.8. The monoisotopic (exact) mass is 466 g/mol. The van der Waals surface area contributed by atoms with Crippen molar-refractivity contribution in [3.05, 3.63) is 59.1 Å². The minimum atomic E-state index is -3.38. The number of ether oxygens (including phenoxy) is 2. The number of ketones is 2. The van der Waals surface area contributed by atoms with E-state index >= 15 is 0 Å². The summed E-state index contributed by atoms with van der Waals surface area (Å²) in [7, 11) is 0. The minimum absolute atomic E-state index is 0.00770. The number of allylic oxidation sites excluding steroid dienone is 2. The van der Waals surface area contributed by atoms with Crippen LogP contribution in [0.3, 0.4) is 0 Å². The summed E-state index contributed by atoms with van der Waals surface area (Å²) in [5, 5.41) is 79.3. The molecule has 8 N–H and O–H groups in total. The van der Waals surface area contributed by atoms with Crippen LogP contribution in [0.5, 0.6) is 5.75 Å². The normalized spacial score (nSPS) is 34.5. The highest BCUT2D eigenvalue weighted by Crippen LogP contribution is 2.32. The molecule has 0 radical (unpaired) electrons. The first-order valence-electron chi connectivity index (χ1n) is 9.61. The molecule has 1 aliphatic heterocycles. The summed E-state index contributed by atoms with van der Waals surface area (Å²) in [6.07, 6.45) is -6.53. The van der Waals surface area contributed by atoms with Gasteiger partial charge in [0.15, 0.2) is 6.29 Å². The van der Waals surface area contributed by atoms with Crippen LogP contribution in [-0.2, 0) is 19.1 Å². The van der Waals surface area contributed by atoms with Crippen molar-refractivity contribution in [3.8, 4) is 5.75 Å². The van der Waals surface area contributed by atoms with Crippen LogP contribution in [0.25, 0.3) is 6.08 Å². The van der Waals surface area contributed by atoms with E-state index in [1.807, 2.05) is 0 Å². The Bertz CT molecular complexity index is 1010. The Hall–Kier alpha value is -3.10. The van der Waals surface area contributed by atoms with E-state index in [1.54, 1.807) is 0 Å². The van der Waals surface area contributed by atoms with Crippen molar-refractivity contribution in [3.63, 3.8) is 0 Å². The molecule has 3 rings (SSSR count). The molecule has 6 atom stereocenters. The molecule has 1 aliphatic carbocycles. The number of carbonyl (C=O) groups excluding carboxylic acids is 2. The average Bonchev–Trinajstić information content (AvgIpc) is 2.78. The van der Waals surface area contributed by atoms with Gasteiger partial charge in [0.2, 0.25) is 11.6 Å². The SMILES string of the molecule is O=C1C=C(O)/C(=C(O)/C=C/c2ccc(O)cc2)C(=O)C1(O)O[C@@H]1O[C@H](CO)[C@@H](O)[C@H](O)[C@H]1O. The molecule has 0 aromatic heterocycles. The Kier molecular flexibility index (Phi) is 7.00. The topological polar surface area (TPSA) is 214 Å². The molecule has 1 aromatic rings. The van der Waals surface area contributed by atoms with E-state index in [0.717, 1.165) is 6.08 Å². The number of phenolic OH excluding ortho intramolecular Hbond substituents is 1. The third-order valence-corrected chi connectivity index (χ3v) is 5.11. The predicted molar refractivity (Wildman–Crippen MR) is 107 cm³/mol. The maximum Gasteiger partial charge on any atom is 0.299 e. The van der Waals surface area contributed by atoms with Gasteiger partial charge in [-0.2, -0.15) is 0 Å². The van der Waals surface area contributed by atoms with Crippen molar-refractivity contribution >= 4 is 17.6 Å². The molecule has 1 unspecified atom stereocenters. The summed E-state index contributed by atoms with van der Waals surface area (Å²) in [6, 6.07) is 5.67. The van der Waals surface area contributed by atoms with Crippen LogP contribution in [0.15, 0.2) is 53.5 Å². The number of phenols is 1. The molecule has 1 aromatic carbocycles. The molecule has 12 heteroatoms. The zero-order chi connectivity index (χ0) is 24.5. The Labute approximate surface area is 186 Å². The summed E-state index contributed by atoms with van der Waals surface area (Å²) in [5.41, 5.74) is -0.410. The maximum absolute atomic E-state index is 12.9. The summed E-state index contributed by atoms with van der Waals surface area (Å²) in [4.78, 5) is 25.2. The number of aliphatic hydroxyl groups is 7. The quantitative estimate of drug-likeness (QED) is 0.106. The van der Waals surface area contributed by atoms with Crippen molar-refractivity contribution in [2.24, 2.45) is 0 Å². The smallest absolute Gasteiger partial charge is 0.299 e. The van der Waals surface area contributed by atoms with E-state index in [9.17, 15) is 50.4 Å². The van der Waals surface area contributed by atoms with Crippen LogP contribution in [0, 0.1) is 0 Å². The van der Waals surface area contributed by atoms with E-state index < -0.39 is 71.8 Å². The fraction of sp³-hybridized carbons (Fsp3) is 0.333. The molecule has 1 heterocycles. The third kappa shape index (κ3) is 4.67. The van der Waals surface area contributed by atoms with Crippen LogP contribution in [0.4, 0.5) is 0 Å². The summed E-state index contributed by atoms with van der Waals surface area (Å²) >= 11 is 0. The van der Waals surface area contributed by atoms with Gasteiger partial charge in [-0.05, 0) is 23.8 Å². The molecule has 2 aliphatic rings. The first-order chi connectivity index (χ1) is 15.5. The van der Waals surface area contributed by atoms with Gasteiger partial charge in [0.1, 0.15) is 47.3 Å². The Balaban J connectivity index is 1.92. The van der Waals surface area contributed by atoms with Gasteiger partial charge in [-0.3, -0.25) is 9.59 Å². The lowest BCUT2D eigenvalue weighted by molar-refractivity contribution is -0.342. The molecule has 1 fully saturated rings. The zero-order valence-corrected chi connectivity index (χ0v) is 16.8. The number of benzene rings is 1. The van der Waals surface area contributed by atoms with Gasteiger partial charge in [0.05, 0.1) is 6.61 Å². The number of aliphatic hydroxyl groups excluding tert-OH is 6. The second kappa shape index (κ2) is 9.41. The standard InChI is InChI=1S/C21H22O12/c22-8-13-16(27)17(28)18(29)20(32-13)33-21(31)14(26)7-12(25)15(19(21)30)11(24)6-3-9-1-4-10(23)5-2-9/h1-7,13,16-18,20,22-25,27-29,31H,8H2/b6-3+,15-11+/t13-,16-,17+,18-,20+,21?/m1/s1. The van der Waals surface area contributed by atoms with Crippen LogP contribution in [-0.4, -0.2) is 95.5 Å². The highest BCUT2D eigenvalue weighted by atomic mass is 16.8. The van der Waals surface area contributed by atoms with E-state index in [0.29, 0.717) is 11.6 Å². The van der Waals surface area contributed by atoms with Gasteiger partial charge in [0, 0.05) is 6.08 Å². The number of hydrogen-bond acceptors (Lipinski definition) is 12. The third-order valence-electron chi connectivity index (χ3n) is 5.11. The number of carbonyl (C=O) groups is 2. The first-order valence-corrected chi connectivity index (χ1v) is 9.61. The van der Waals surface area contributed by atoms with Crippen molar-refractivity contribution in [2.75, 3.05) is 6.61 Å². The lowest BCUT2D eigenvalue weighted by Gasteiger charge is -2.42. The first kappa shape index (κ1) is 24.5. The van der Waals surface area contributed by atoms with Gasteiger partial charge in [0.25, 0.3) is 5.79 Å². The van der Waals surface area contributed by atoms with Crippen LogP contribution < -0.4 is 0 Å². The van der Waals surface area contributed by atoms with Crippen LogP contribution in [0.1, 0.15) is 5.56 Å². The van der Waals surface area contributed by atoms with Crippen molar-refractivity contribution in [1.29, 1.82) is 0 Å². The van der Waals surface area contributed by atoms with Crippen LogP contribution in [0.2, 0.25) is 0 Å². The van der Waals surface area contributed by atoms with Crippen molar-refractivity contribution in [2.45, 2.75) is 36.5 Å². The van der Waals surface area contributed by atoms with Gasteiger partial charge in [-0.1, -0.05) is 18.2 Å². The molecule has 0 bridgehead atoms. The maximum atomic E-state index is 12.9. The molecule has 0 spiro atoms. The Morgan fingerprint density at radius 2 is 1.70 bits per heavy atom. The fourth-order valence-corrected chi connectivity index (χ4v) is 3.23. The van der Waals surface area contributed by atoms with Crippen LogP contribution >= 0.6 is 0 Å². The Morgan fingerprint density at radius 1 is 1.06 bits per heavy atom. The number of aromatic hydroxyl groups is 1. The summed E-state index contributed by atoms with van der Waals surface area (Å²) in [5.74, 6) is -8.29. The van der Waals surface area contributed by atoms with Gasteiger partial charge in [-0.25, -0.2) is 0 Å². The number of Topliss-reactive ketones (excluding diaryl/α,β-unsaturated/α-hetero) is 1. The highest BCUT2D eigenvalue weighted by Gasteiger charge is 2.55. The minimum Gasteiger partial charge on any atom is -0.508 e. The lowest BCUT2D eigenvalue weighted by Crippen LogP contribution is -2.63. The molecule has 0 amide bonds. The van der Waals surface area contributed by atoms with E-state index in [1.165, 1.54) is 30.3 Å². The molecule has 178 valence electrons. The fourth-order valence-electron chi connectivity index (χ4n) is 3.23. The Morgan fingerprint density at radius 3 is 2.30 bits per heavy atom. The van der Waals surface area contributed by atoms with Gasteiger partial charge >= 0.3 is 0 Å². The van der Waals surface area contributed by atoms with Crippen molar-refractivity contribution in [1.82, 2.24) is 0 Å².